The van der Waals surface area contributed by atoms with Gasteiger partial charge in [0.2, 0.25) is 5.95 Å². The van der Waals surface area contributed by atoms with Crippen molar-refractivity contribution >= 4 is 11.6 Å². The van der Waals surface area contributed by atoms with Gasteiger partial charge in [0, 0.05) is 38.3 Å². The molecule has 0 saturated carbocycles. The van der Waals surface area contributed by atoms with Crippen LogP contribution in [0.3, 0.4) is 0 Å². The Bertz CT molecular complexity index is 1040. The summed E-state index contributed by atoms with van der Waals surface area (Å²) in [4.78, 5) is 13.5. The highest BCUT2D eigenvalue weighted by Crippen LogP contribution is 2.24. The highest BCUT2D eigenvalue weighted by Gasteiger charge is 2.22. The van der Waals surface area contributed by atoms with E-state index in [0.717, 1.165) is 17.0 Å². The van der Waals surface area contributed by atoms with Crippen LogP contribution in [0.25, 0.3) is 11.3 Å². The number of hydrogen-bond donors (Lipinski definition) is 1. The van der Waals surface area contributed by atoms with Crippen LogP contribution in [0.2, 0.25) is 0 Å². The summed E-state index contributed by atoms with van der Waals surface area (Å²) >= 11 is 0. The molecular weight excluding hydrogens is 367 g/mol. The van der Waals surface area contributed by atoms with E-state index in [1.165, 1.54) is 6.07 Å². The minimum atomic E-state index is -0.203. The van der Waals surface area contributed by atoms with Gasteiger partial charge in [-0.15, -0.1) is 0 Å². The van der Waals surface area contributed by atoms with Crippen molar-refractivity contribution < 1.29 is 4.39 Å². The van der Waals surface area contributed by atoms with E-state index in [1.54, 1.807) is 24.3 Å². The summed E-state index contributed by atoms with van der Waals surface area (Å²) in [6, 6.07) is 18.1. The average Bonchev–Trinajstić information content (AvgIpc) is 2.79. The third-order valence-corrected chi connectivity index (χ3v) is 5.04. The van der Waals surface area contributed by atoms with Gasteiger partial charge in [0.05, 0.1) is 28.7 Å². The molecule has 0 aliphatic carbocycles. The van der Waals surface area contributed by atoms with Crippen LogP contribution < -0.4 is 15.5 Å². The number of rotatable bonds is 4. The Morgan fingerprint density at radius 2 is 1.66 bits per heavy atom. The van der Waals surface area contributed by atoms with E-state index < -0.39 is 0 Å². The molecule has 29 heavy (non-hydrogen) atoms. The Labute approximate surface area is 169 Å². The van der Waals surface area contributed by atoms with Crippen molar-refractivity contribution in [2.24, 2.45) is 5.73 Å². The predicted molar refractivity (Wildman–Crippen MR) is 111 cm³/mol. The molecule has 0 amide bonds. The number of halogens is 1. The van der Waals surface area contributed by atoms with Crippen molar-refractivity contribution in [3.8, 4) is 17.3 Å². The summed E-state index contributed by atoms with van der Waals surface area (Å²) in [6.07, 6.45) is 0. The monoisotopic (exact) mass is 388 g/mol. The first-order chi connectivity index (χ1) is 14.2. The minimum absolute atomic E-state index is 0.203. The van der Waals surface area contributed by atoms with Gasteiger partial charge < -0.3 is 15.5 Å². The standard InChI is InChI=1S/C22H21FN6/c23-19-3-1-2-4-21(19)28-9-11-29(12-10-28)22-26-18(15-25)13-20(27-22)17-7-5-16(14-24)6-8-17/h1-8,13H,9-12,15,25H2. The molecule has 1 aromatic heterocycles. The van der Waals surface area contributed by atoms with Gasteiger partial charge in [-0.2, -0.15) is 5.26 Å². The third-order valence-electron chi connectivity index (χ3n) is 5.04. The lowest BCUT2D eigenvalue weighted by Crippen LogP contribution is -2.47. The van der Waals surface area contributed by atoms with Gasteiger partial charge in [-0.05, 0) is 30.3 Å². The van der Waals surface area contributed by atoms with Crippen molar-refractivity contribution in [3.05, 3.63) is 71.7 Å². The molecule has 0 atom stereocenters. The van der Waals surface area contributed by atoms with E-state index in [9.17, 15) is 4.39 Å². The lowest BCUT2D eigenvalue weighted by Gasteiger charge is -2.36. The van der Waals surface area contributed by atoms with Crippen LogP contribution >= 0.6 is 0 Å². The number of nitriles is 1. The van der Waals surface area contributed by atoms with Crippen LogP contribution in [0.15, 0.2) is 54.6 Å². The fraction of sp³-hybridized carbons (Fsp3) is 0.227. The van der Waals surface area contributed by atoms with Crippen LogP contribution in [-0.4, -0.2) is 36.1 Å². The molecule has 0 radical (unpaired) electrons. The molecule has 1 aliphatic rings. The maximum absolute atomic E-state index is 14.1. The Kier molecular flexibility index (Phi) is 5.36. The Balaban J connectivity index is 1.56. The zero-order chi connectivity index (χ0) is 20.2. The summed E-state index contributed by atoms with van der Waals surface area (Å²) in [5.41, 5.74) is 9.52. The lowest BCUT2D eigenvalue weighted by atomic mass is 10.1. The first-order valence-electron chi connectivity index (χ1n) is 9.51. The second-order valence-corrected chi connectivity index (χ2v) is 6.86. The van der Waals surface area contributed by atoms with Crippen molar-refractivity contribution in [2.75, 3.05) is 36.0 Å². The highest BCUT2D eigenvalue weighted by atomic mass is 19.1. The topological polar surface area (TPSA) is 82.1 Å². The number of para-hydroxylation sites is 1. The predicted octanol–water partition coefficient (Wildman–Crippen LogP) is 2.94. The van der Waals surface area contributed by atoms with E-state index in [2.05, 4.69) is 16.0 Å². The van der Waals surface area contributed by atoms with E-state index in [4.69, 9.17) is 16.0 Å². The van der Waals surface area contributed by atoms with Crippen molar-refractivity contribution in [1.82, 2.24) is 9.97 Å². The van der Waals surface area contributed by atoms with Crippen LogP contribution in [-0.2, 0) is 6.54 Å². The van der Waals surface area contributed by atoms with Crippen LogP contribution in [0.1, 0.15) is 11.3 Å². The number of aromatic nitrogens is 2. The van der Waals surface area contributed by atoms with E-state index in [1.807, 2.05) is 29.2 Å². The Morgan fingerprint density at radius 1 is 0.966 bits per heavy atom. The highest BCUT2D eigenvalue weighted by molar-refractivity contribution is 5.62. The molecule has 7 heteroatoms. The molecule has 3 aromatic rings. The normalized spacial score (nSPS) is 14.0. The number of hydrogen-bond acceptors (Lipinski definition) is 6. The van der Waals surface area contributed by atoms with Gasteiger partial charge in [0.25, 0.3) is 0 Å². The van der Waals surface area contributed by atoms with Crippen molar-refractivity contribution in [3.63, 3.8) is 0 Å². The first-order valence-corrected chi connectivity index (χ1v) is 9.51. The largest absolute Gasteiger partial charge is 0.366 e. The van der Waals surface area contributed by atoms with Crippen molar-refractivity contribution in [1.29, 1.82) is 5.26 Å². The summed E-state index contributed by atoms with van der Waals surface area (Å²) in [5.74, 6) is 0.422. The van der Waals surface area contributed by atoms with Gasteiger partial charge in [-0.3, -0.25) is 0 Å². The van der Waals surface area contributed by atoms with Gasteiger partial charge in [-0.25, -0.2) is 14.4 Å². The SMILES string of the molecule is N#Cc1ccc(-c2cc(CN)nc(N3CCN(c4ccccc4F)CC3)n2)cc1. The molecule has 2 N–H and O–H groups in total. The summed E-state index contributed by atoms with van der Waals surface area (Å²) < 4.78 is 14.1. The van der Waals surface area contributed by atoms with Gasteiger partial charge in [0.1, 0.15) is 5.82 Å². The zero-order valence-corrected chi connectivity index (χ0v) is 15.9. The molecular formula is C22H21FN6. The average molecular weight is 388 g/mol. The molecule has 1 saturated heterocycles. The summed E-state index contributed by atoms with van der Waals surface area (Å²) in [7, 11) is 0. The fourth-order valence-corrected chi connectivity index (χ4v) is 3.45. The second-order valence-electron chi connectivity index (χ2n) is 6.86. The Morgan fingerprint density at radius 3 is 2.31 bits per heavy atom. The number of anilines is 2. The number of piperazine rings is 1. The first kappa shape index (κ1) is 18.8. The van der Waals surface area contributed by atoms with Crippen LogP contribution in [0.5, 0.6) is 0 Å². The minimum Gasteiger partial charge on any atom is -0.366 e. The maximum Gasteiger partial charge on any atom is 0.226 e. The van der Waals surface area contributed by atoms with E-state index >= 15 is 0 Å². The number of nitrogens with two attached hydrogens (primary N) is 1. The number of nitrogens with zero attached hydrogens (tertiary/aromatic N) is 5. The smallest absolute Gasteiger partial charge is 0.226 e. The van der Waals surface area contributed by atoms with Crippen LogP contribution in [0, 0.1) is 17.1 Å². The molecule has 0 spiro atoms. The molecule has 2 aromatic carbocycles. The van der Waals surface area contributed by atoms with Gasteiger partial charge >= 0.3 is 0 Å². The molecule has 6 nitrogen and oxygen atoms in total. The number of benzene rings is 2. The van der Waals surface area contributed by atoms with Gasteiger partial charge in [-0.1, -0.05) is 24.3 Å². The summed E-state index contributed by atoms with van der Waals surface area (Å²) in [5, 5.41) is 8.99. The second kappa shape index (κ2) is 8.25. The Hall–Kier alpha value is -3.50. The van der Waals surface area contributed by atoms with Crippen LogP contribution in [0.4, 0.5) is 16.0 Å². The summed E-state index contributed by atoms with van der Waals surface area (Å²) in [6.45, 7) is 3.06. The van der Waals surface area contributed by atoms with E-state index in [-0.39, 0.29) is 5.82 Å². The fourth-order valence-electron chi connectivity index (χ4n) is 3.45. The quantitative estimate of drug-likeness (QED) is 0.740. The molecule has 2 heterocycles. The molecule has 4 rings (SSSR count). The molecule has 1 fully saturated rings. The molecule has 146 valence electrons. The molecule has 0 unspecified atom stereocenters. The van der Waals surface area contributed by atoms with E-state index in [0.29, 0.717) is 49.9 Å². The zero-order valence-electron chi connectivity index (χ0n) is 15.9. The third kappa shape index (κ3) is 4.03. The maximum atomic E-state index is 14.1. The molecule has 0 bridgehead atoms. The molecule has 1 aliphatic heterocycles. The lowest BCUT2D eigenvalue weighted by molar-refractivity contribution is 0.593. The van der Waals surface area contributed by atoms with Gasteiger partial charge in [0.15, 0.2) is 0 Å². The van der Waals surface area contributed by atoms with Crippen molar-refractivity contribution in [2.45, 2.75) is 6.54 Å².